The number of aryl methyl sites for hydroxylation is 1. The molecule has 18 heavy (non-hydrogen) atoms. The molecule has 0 fully saturated rings. The minimum atomic E-state index is 0.792. The van der Waals surface area contributed by atoms with Gasteiger partial charge in [0.25, 0.3) is 0 Å². The van der Waals surface area contributed by atoms with Crippen molar-refractivity contribution in [3.8, 4) is 17.1 Å². The molecule has 0 spiro atoms. The molecule has 1 aromatic carbocycles. The number of benzene rings is 1. The van der Waals surface area contributed by atoms with E-state index in [-0.39, 0.29) is 0 Å². The largest absolute Gasteiger partial charge is 0.482 e. The summed E-state index contributed by atoms with van der Waals surface area (Å²) in [5.41, 5.74) is 4.24. The van der Waals surface area contributed by atoms with Crippen LogP contribution in [0.3, 0.4) is 0 Å². The monoisotopic (exact) mass is 238 g/mol. The Kier molecular flexibility index (Phi) is 2.52. The second kappa shape index (κ2) is 4.18. The van der Waals surface area contributed by atoms with Gasteiger partial charge >= 0.3 is 0 Å². The summed E-state index contributed by atoms with van der Waals surface area (Å²) in [6.07, 6.45) is 2.01. The van der Waals surface area contributed by atoms with Crippen molar-refractivity contribution in [2.45, 2.75) is 6.92 Å². The Balaban J connectivity index is 2.23. The molecule has 0 N–H and O–H groups in total. The van der Waals surface area contributed by atoms with E-state index in [2.05, 4.69) is 24.0 Å². The van der Waals surface area contributed by atoms with Gasteiger partial charge in [-0.3, -0.25) is 4.40 Å². The lowest BCUT2D eigenvalue weighted by atomic mass is 10.1. The van der Waals surface area contributed by atoms with Gasteiger partial charge in [-0.25, -0.2) is 4.98 Å². The highest BCUT2D eigenvalue weighted by atomic mass is 16.5. The molecule has 3 aromatic rings. The van der Waals surface area contributed by atoms with Crippen molar-refractivity contribution >= 4 is 5.65 Å². The Morgan fingerprint density at radius 2 is 1.89 bits per heavy atom. The van der Waals surface area contributed by atoms with Crippen LogP contribution in [-0.4, -0.2) is 16.5 Å². The number of hydrogen-bond donors (Lipinski definition) is 0. The summed E-state index contributed by atoms with van der Waals surface area (Å²) in [6.45, 7) is 2.09. The van der Waals surface area contributed by atoms with Crippen molar-refractivity contribution in [2.24, 2.45) is 0 Å². The fraction of sp³-hybridized carbons (Fsp3) is 0.133. The van der Waals surface area contributed by atoms with Crippen LogP contribution < -0.4 is 4.74 Å². The van der Waals surface area contributed by atoms with E-state index in [1.165, 1.54) is 5.56 Å². The first kappa shape index (κ1) is 10.8. The van der Waals surface area contributed by atoms with Crippen molar-refractivity contribution in [1.29, 1.82) is 0 Å². The Morgan fingerprint density at radius 1 is 1.06 bits per heavy atom. The number of nitrogens with zero attached hydrogens (tertiary/aromatic N) is 2. The number of pyridine rings is 1. The van der Waals surface area contributed by atoms with Gasteiger partial charge in [0, 0.05) is 11.8 Å². The molecule has 0 aliphatic rings. The zero-order chi connectivity index (χ0) is 12.5. The summed E-state index contributed by atoms with van der Waals surface area (Å²) in [6, 6.07) is 14.1. The fourth-order valence-corrected chi connectivity index (χ4v) is 2.14. The number of fused-ring (bicyclic) bond motifs is 1. The van der Waals surface area contributed by atoms with Crippen LogP contribution in [-0.2, 0) is 0 Å². The Morgan fingerprint density at radius 3 is 2.67 bits per heavy atom. The summed E-state index contributed by atoms with van der Waals surface area (Å²) in [5.74, 6) is 0.792. The molecule has 0 amide bonds. The molecule has 90 valence electrons. The third-order valence-corrected chi connectivity index (χ3v) is 3.08. The number of rotatable bonds is 2. The first-order valence-corrected chi connectivity index (χ1v) is 5.88. The first-order valence-electron chi connectivity index (χ1n) is 5.88. The van der Waals surface area contributed by atoms with Crippen LogP contribution in [0.5, 0.6) is 5.88 Å². The molecule has 0 atom stereocenters. The minimum Gasteiger partial charge on any atom is -0.482 e. The SMILES string of the molecule is COc1cccc2nc(-c3ccccc3C)cn12. The van der Waals surface area contributed by atoms with Gasteiger partial charge in [0.05, 0.1) is 12.8 Å². The van der Waals surface area contributed by atoms with Gasteiger partial charge in [0.15, 0.2) is 5.88 Å². The molecule has 0 unspecified atom stereocenters. The average molecular weight is 238 g/mol. The van der Waals surface area contributed by atoms with E-state index < -0.39 is 0 Å². The third kappa shape index (κ3) is 1.64. The minimum absolute atomic E-state index is 0.792. The predicted octanol–water partition coefficient (Wildman–Crippen LogP) is 3.32. The van der Waals surface area contributed by atoms with Crippen LogP contribution in [0, 0.1) is 6.92 Å². The van der Waals surface area contributed by atoms with E-state index in [0.717, 1.165) is 22.8 Å². The summed E-state index contributed by atoms with van der Waals surface area (Å²) in [5, 5.41) is 0. The molecule has 3 nitrogen and oxygen atoms in total. The second-order valence-corrected chi connectivity index (χ2v) is 4.24. The zero-order valence-corrected chi connectivity index (χ0v) is 10.4. The molecule has 3 rings (SSSR count). The molecule has 0 radical (unpaired) electrons. The first-order chi connectivity index (χ1) is 8.79. The molecular weight excluding hydrogens is 224 g/mol. The molecule has 0 aliphatic carbocycles. The standard InChI is InChI=1S/C15H14N2O/c1-11-6-3-4-7-12(11)13-10-17-14(16-13)8-5-9-15(17)18-2/h3-10H,1-2H3. The van der Waals surface area contributed by atoms with Gasteiger partial charge in [-0.2, -0.15) is 0 Å². The fourth-order valence-electron chi connectivity index (χ4n) is 2.14. The van der Waals surface area contributed by atoms with Gasteiger partial charge in [-0.15, -0.1) is 0 Å². The lowest BCUT2D eigenvalue weighted by Gasteiger charge is -2.01. The number of imidazole rings is 1. The van der Waals surface area contributed by atoms with E-state index >= 15 is 0 Å². The Labute approximate surface area is 106 Å². The lowest BCUT2D eigenvalue weighted by Crippen LogP contribution is -1.91. The Hall–Kier alpha value is -2.29. The number of aromatic nitrogens is 2. The molecule has 2 aromatic heterocycles. The normalized spacial score (nSPS) is 10.8. The zero-order valence-electron chi connectivity index (χ0n) is 10.4. The Bertz CT molecular complexity index is 701. The van der Waals surface area contributed by atoms with Crippen LogP contribution in [0.1, 0.15) is 5.56 Å². The smallest absolute Gasteiger partial charge is 0.198 e. The summed E-state index contributed by atoms with van der Waals surface area (Å²) in [4.78, 5) is 4.64. The van der Waals surface area contributed by atoms with Crippen LogP contribution >= 0.6 is 0 Å². The van der Waals surface area contributed by atoms with E-state index in [4.69, 9.17) is 4.74 Å². The molecule has 0 saturated heterocycles. The van der Waals surface area contributed by atoms with Gasteiger partial charge in [-0.1, -0.05) is 30.3 Å². The van der Waals surface area contributed by atoms with Gasteiger partial charge in [0.2, 0.25) is 0 Å². The van der Waals surface area contributed by atoms with Crippen molar-refractivity contribution in [2.75, 3.05) is 7.11 Å². The van der Waals surface area contributed by atoms with E-state index in [0.29, 0.717) is 0 Å². The summed E-state index contributed by atoms with van der Waals surface area (Å²) >= 11 is 0. The van der Waals surface area contributed by atoms with Crippen LogP contribution in [0.25, 0.3) is 16.9 Å². The highest BCUT2D eigenvalue weighted by Crippen LogP contribution is 2.24. The number of ether oxygens (including phenoxy) is 1. The molecule has 3 heteroatoms. The third-order valence-electron chi connectivity index (χ3n) is 3.08. The highest BCUT2D eigenvalue weighted by Gasteiger charge is 2.08. The predicted molar refractivity (Wildman–Crippen MR) is 71.9 cm³/mol. The maximum atomic E-state index is 5.33. The van der Waals surface area contributed by atoms with Crippen molar-refractivity contribution < 1.29 is 4.74 Å². The second-order valence-electron chi connectivity index (χ2n) is 4.24. The summed E-state index contributed by atoms with van der Waals surface area (Å²) in [7, 11) is 1.67. The maximum Gasteiger partial charge on any atom is 0.198 e. The topological polar surface area (TPSA) is 26.5 Å². The van der Waals surface area contributed by atoms with E-state index in [9.17, 15) is 0 Å². The van der Waals surface area contributed by atoms with Crippen molar-refractivity contribution in [3.05, 3.63) is 54.2 Å². The lowest BCUT2D eigenvalue weighted by molar-refractivity contribution is 0.392. The summed E-state index contributed by atoms with van der Waals surface area (Å²) < 4.78 is 7.29. The average Bonchev–Trinajstić information content (AvgIpc) is 2.82. The van der Waals surface area contributed by atoms with Gasteiger partial charge in [0.1, 0.15) is 5.65 Å². The van der Waals surface area contributed by atoms with E-state index in [1.54, 1.807) is 7.11 Å². The maximum absolute atomic E-state index is 5.33. The van der Waals surface area contributed by atoms with Gasteiger partial charge < -0.3 is 4.74 Å². The molecule has 0 saturated carbocycles. The van der Waals surface area contributed by atoms with Crippen LogP contribution in [0.15, 0.2) is 48.7 Å². The highest BCUT2D eigenvalue weighted by molar-refractivity contribution is 5.66. The molecular formula is C15H14N2O. The van der Waals surface area contributed by atoms with Crippen LogP contribution in [0.4, 0.5) is 0 Å². The quantitative estimate of drug-likeness (QED) is 0.684. The number of methoxy groups -OCH3 is 1. The molecule has 0 aliphatic heterocycles. The van der Waals surface area contributed by atoms with E-state index in [1.807, 2.05) is 40.9 Å². The van der Waals surface area contributed by atoms with Crippen molar-refractivity contribution in [1.82, 2.24) is 9.38 Å². The molecule has 2 heterocycles. The van der Waals surface area contributed by atoms with Crippen molar-refractivity contribution in [3.63, 3.8) is 0 Å². The number of hydrogen-bond acceptors (Lipinski definition) is 2. The van der Waals surface area contributed by atoms with Crippen LogP contribution in [0.2, 0.25) is 0 Å². The van der Waals surface area contributed by atoms with Gasteiger partial charge in [-0.05, 0) is 24.6 Å². The molecule has 0 bridgehead atoms.